The molecule has 0 spiro atoms. The van der Waals surface area contributed by atoms with E-state index >= 15 is 0 Å². The van der Waals surface area contributed by atoms with E-state index < -0.39 is 10.0 Å². The summed E-state index contributed by atoms with van der Waals surface area (Å²) in [6, 6.07) is 10.4. The first-order valence-electron chi connectivity index (χ1n) is 13.8. The van der Waals surface area contributed by atoms with E-state index in [4.69, 9.17) is 17.7 Å². The highest BCUT2D eigenvalue weighted by molar-refractivity contribution is 7.92. The molecule has 0 unspecified atom stereocenters. The number of fused-ring (bicyclic) bond motifs is 1. The summed E-state index contributed by atoms with van der Waals surface area (Å²) in [7, 11) is 5.66. The van der Waals surface area contributed by atoms with Crippen molar-refractivity contribution < 1.29 is 22.7 Å². The van der Waals surface area contributed by atoms with Crippen LogP contribution in [0.25, 0.3) is 16.6 Å². The van der Waals surface area contributed by atoms with E-state index in [1.807, 2.05) is 18.0 Å². The van der Waals surface area contributed by atoms with Crippen molar-refractivity contribution in [3.05, 3.63) is 47.7 Å². The Hall–Kier alpha value is -3.42. The molecule has 5 rings (SSSR count). The Bertz CT molecular complexity index is 1550. The average molecular weight is 579 g/mol. The Morgan fingerprint density at radius 3 is 2.56 bits per heavy atom. The van der Waals surface area contributed by atoms with Gasteiger partial charge in [-0.2, -0.15) is 5.10 Å². The van der Waals surface area contributed by atoms with E-state index in [9.17, 15) is 18.0 Å². The molecular formula is C28H35BN6O5S. The molecule has 0 bridgehead atoms. The number of nitrogens with one attached hydrogen (secondary N) is 2. The van der Waals surface area contributed by atoms with Crippen molar-refractivity contribution in [1.82, 2.24) is 25.3 Å². The SMILES string of the molecule is [B]c1ccc(-n2nc3cc(N(CCCNC(=O)[C@H]4COCCN4C)S(C)(=O)=O)c(C4CC4)cc3c2C(=O)NC)cc1. The molecular weight excluding hydrogens is 543 g/mol. The molecule has 2 amide bonds. The number of ether oxygens (including phenoxy) is 1. The number of carbonyl (C=O) groups excluding carboxylic acids is 2. The van der Waals surface area contributed by atoms with Crippen LogP contribution in [0.2, 0.25) is 0 Å². The molecule has 1 saturated heterocycles. The molecule has 1 aromatic heterocycles. The van der Waals surface area contributed by atoms with Crippen LogP contribution in [0.5, 0.6) is 0 Å². The van der Waals surface area contributed by atoms with Gasteiger partial charge in [0.15, 0.2) is 0 Å². The molecule has 3 aromatic rings. The molecule has 1 saturated carbocycles. The van der Waals surface area contributed by atoms with Crippen LogP contribution in [0.3, 0.4) is 0 Å². The van der Waals surface area contributed by atoms with Gasteiger partial charge in [-0.15, -0.1) is 0 Å². The minimum Gasteiger partial charge on any atom is -0.378 e. The smallest absolute Gasteiger partial charge is 0.270 e. The summed E-state index contributed by atoms with van der Waals surface area (Å²) < 4.78 is 34.5. The van der Waals surface area contributed by atoms with Crippen LogP contribution < -0.4 is 20.4 Å². The van der Waals surface area contributed by atoms with Gasteiger partial charge in [-0.1, -0.05) is 17.6 Å². The number of amides is 2. The lowest BCUT2D eigenvalue weighted by Crippen LogP contribution is -2.52. The summed E-state index contributed by atoms with van der Waals surface area (Å²) >= 11 is 0. The van der Waals surface area contributed by atoms with Gasteiger partial charge in [0, 0.05) is 32.1 Å². The predicted octanol–water partition coefficient (Wildman–Crippen LogP) is 0.659. The second-order valence-electron chi connectivity index (χ2n) is 10.7. The Balaban J connectivity index is 1.46. The molecule has 2 radical (unpaired) electrons. The van der Waals surface area contributed by atoms with E-state index in [0.29, 0.717) is 66.2 Å². The molecule has 216 valence electrons. The zero-order chi connectivity index (χ0) is 29.3. The second-order valence-corrected chi connectivity index (χ2v) is 12.6. The van der Waals surface area contributed by atoms with Crippen molar-refractivity contribution in [3.63, 3.8) is 0 Å². The highest BCUT2D eigenvalue weighted by Gasteiger charge is 2.33. The zero-order valence-electron chi connectivity index (χ0n) is 23.6. The average Bonchev–Trinajstić information content (AvgIpc) is 3.72. The molecule has 1 aliphatic heterocycles. The van der Waals surface area contributed by atoms with E-state index in [0.717, 1.165) is 18.4 Å². The van der Waals surface area contributed by atoms with Crippen molar-refractivity contribution in [2.45, 2.75) is 31.2 Å². The summed E-state index contributed by atoms with van der Waals surface area (Å²) in [5, 5.41) is 11.0. The highest BCUT2D eigenvalue weighted by atomic mass is 32.2. The maximum absolute atomic E-state index is 13.1. The fourth-order valence-corrected chi connectivity index (χ4v) is 6.17. The molecule has 2 N–H and O–H groups in total. The highest BCUT2D eigenvalue weighted by Crippen LogP contribution is 2.46. The quantitative estimate of drug-likeness (QED) is 0.268. The van der Waals surface area contributed by atoms with Gasteiger partial charge in [0.25, 0.3) is 5.91 Å². The molecule has 1 aliphatic carbocycles. The van der Waals surface area contributed by atoms with E-state index in [1.165, 1.54) is 10.6 Å². The largest absolute Gasteiger partial charge is 0.378 e. The zero-order valence-corrected chi connectivity index (χ0v) is 24.4. The van der Waals surface area contributed by atoms with Gasteiger partial charge in [-0.05, 0) is 62.1 Å². The maximum atomic E-state index is 13.1. The summed E-state index contributed by atoms with van der Waals surface area (Å²) in [5.74, 6) is -0.241. The van der Waals surface area contributed by atoms with Gasteiger partial charge in [0.2, 0.25) is 15.9 Å². The molecule has 1 atom stereocenters. The molecule has 2 aliphatic rings. The van der Waals surface area contributed by atoms with Crippen LogP contribution in [-0.2, 0) is 19.6 Å². The van der Waals surface area contributed by atoms with Gasteiger partial charge in [-0.25, -0.2) is 13.1 Å². The minimum absolute atomic E-state index is 0.131. The number of morpholine rings is 1. The lowest BCUT2D eigenvalue weighted by atomic mass is 9.96. The molecule has 13 heteroatoms. The number of rotatable bonds is 10. The number of hydrogen-bond acceptors (Lipinski definition) is 7. The lowest BCUT2D eigenvalue weighted by molar-refractivity contribution is -0.131. The second kappa shape index (κ2) is 11.8. The van der Waals surface area contributed by atoms with Crippen LogP contribution in [-0.4, -0.2) is 102 Å². The number of benzene rings is 2. The van der Waals surface area contributed by atoms with Crippen molar-refractivity contribution in [2.75, 3.05) is 57.5 Å². The first kappa shape index (κ1) is 29.1. The molecule has 2 heterocycles. The number of likely N-dealkylation sites (N-methyl/N-ethyl adjacent to an activating group) is 1. The number of sulfonamides is 1. The summed E-state index contributed by atoms with van der Waals surface area (Å²) in [4.78, 5) is 27.6. The fourth-order valence-electron chi connectivity index (χ4n) is 5.19. The number of aromatic nitrogens is 2. The Morgan fingerprint density at radius 2 is 1.93 bits per heavy atom. The normalized spacial score (nSPS) is 17.9. The number of hydrogen-bond donors (Lipinski definition) is 2. The molecule has 2 fully saturated rings. The van der Waals surface area contributed by atoms with Gasteiger partial charge in [-0.3, -0.25) is 18.8 Å². The van der Waals surface area contributed by atoms with Crippen LogP contribution in [0.15, 0.2) is 36.4 Å². The van der Waals surface area contributed by atoms with Crippen molar-refractivity contribution in [2.24, 2.45) is 0 Å². The third-order valence-corrected chi connectivity index (χ3v) is 8.80. The minimum atomic E-state index is -3.66. The van der Waals surface area contributed by atoms with Crippen LogP contribution in [0.4, 0.5) is 5.69 Å². The van der Waals surface area contributed by atoms with Gasteiger partial charge in [0.05, 0.1) is 36.4 Å². The van der Waals surface area contributed by atoms with E-state index in [-0.39, 0.29) is 30.3 Å². The van der Waals surface area contributed by atoms with Crippen LogP contribution >= 0.6 is 0 Å². The molecule has 41 heavy (non-hydrogen) atoms. The van der Waals surface area contributed by atoms with Gasteiger partial charge >= 0.3 is 0 Å². The first-order chi connectivity index (χ1) is 19.6. The van der Waals surface area contributed by atoms with Crippen molar-refractivity contribution >= 4 is 51.7 Å². The monoisotopic (exact) mass is 578 g/mol. The number of carbonyl (C=O) groups is 2. The molecule has 2 aromatic carbocycles. The van der Waals surface area contributed by atoms with Crippen molar-refractivity contribution in [3.8, 4) is 5.69 Å². The van der Waals surface area contributed by atoms with Gasteiger partial charge < -0.3 is 15.4 Å². The summed E-state index contributed by atoms with van der Waals surface area (Å²) in [6.07, 6.45) is 3.47. The number of nitrogens with zero attached hydrogens (tertiary/aromatic N) is 4. The number of anilines is 1. The van der Waals surface area contributed by atoms with Gasteiger partial charge in [0.1, 0.15) is 19.6 Å². The van der Waals surface area contributed by atoms with E-state index in [2.05, 4.69) is 10.6 Å². The fraction of sp³-hybridized carbons (Fsp3) is 0.464. The predicted molar refractivity (Wildman–Crippen MR) is 159 cm³/mol. The van der Waals surface area contributed by atoms with E-state index in [1.54, 1.807) is 42.1 Å². The Kier molecular flexibility index (Phi) is 8.39. The third-order valence-electron chi connectivity index (χ3n) is 7.62. The topological polar surface area (TPSA) is 126 Å². The maximum Gasteiger partial charge on any atom is 0.270 e. The van der Waals surface area contributed by atoms with Crippen molar-refractivity contribution in [1.29, 1.82) is 0 Å². The standard InChI is InChI=1S/C28H35BN6O5S/c1-30-28(37)26-22-15-21(18-5-6-18)24(16-23(22)32-35(26)20-9-7-19(29)8-10-20)34(41(3,38)39)12-4-11-31-27(36)25-17-40-14-13-33(25)2/h7-10,15-16,18,25H,4-6,11-14,17H2,1-3H3,(H,30,37)(H,31,36)/t25-/m1/s1. The Morgan fingerprint density at radius 1 is 1.20 bits per heavy atom. The van der Waals surface area contributed by atoms with Crippen LogP contribution in [0.1, 0.15) is 41.2 Å². The first-order valence-corrected chi connectivity index (χ1v) is 15.6. The summed E-state index contributed by atoms with van der Waals surface area (Å²) in [6.45, 7) is 2.12. The summed E-state index contributed by atoms with van der Waals surface area (Å²) in [5.41, 5.74) is 3.54. The lowest BCUT2D eigenvalue weighted by Gasteiger charge is -2.31. The Labute approximate surface area is 241 Å². The van der Waals surface area contributed by atoms with Crippen LogP contribution in [0, 0.1) is 0 Å². The third kappa shape index (κ3) is 6.26. The molecule has 11 nitrogen and oxygen atoms in total.